The molecule has 0 fully saturated rings. The van der Waals surface area contributed by atoms with Gasteiger partial charge < -0.3 is 10.7 Å². The second kappa shape index (κ2) is 3.31. The number of H-pyrrole nitrogens is 1. The van der Waals surface area contributed by atoms with Crippen LogP contribution in [0.4, 0.5) is 0 Å². The molecule has 0 radical (unpaired) electrons. The van der Waals surface area contributed by atoms with Gasteiger partial charge in [-0.25, -0.2) is 4.52 Å². The molecule has 0 saturated heterocycles. The van der Waals surface area contributed by atoms with E-state index in [1.54, 1.807) is 6.20 Å². The van der Waals surface area contributed by atoms with Crippen molar-refractivity contribution in [1.29, 1.82) is 0 Å². The topological polar surface area (TPSA) is 93.2 Å². The minimum Gasteiger partial charge on any atom is -0.359 e. The molecule has 0 aromatic carbocycles. The molecule has 0 aliphatic heterocycles. The molecule has 0 spiro atoms. The number of aromatic amines is 1. The van der Waals surface area contributed by atoms with Crippen LogP contribution in [-0.4, -0.2) is 20.5 Å². The first-order chi connectivity index (χ1) is 7.16. The largest absolute Gasteiger partial charge is 0.359 e. The predicted molar refractivity (Wildman–Crippen MR) is 51.9 cm³/mol. The third kappa shape index (κ3) is 1.71. The van der Waals surface area contributed by atoms with Crippen molar-refractivity contribution in [1.82, 2.24) is 14.6 Å². The third-order valence-corrected chi connectivity index (χ3v) is 1.74. The molecule has 6 heteroatoms. The Morgan fingerprint density at radius 1 is 1.60 bits per heavy atom. The summed E-state index contributed by atoms with van der Waals surface area (Å²) in [6.45, 7) is 0. The first-order valence-corrected chi connectivity index (χ1v) is 4.04. The second-order valence-electron chi connectivity index (χ2n) is 2.79. The molecule has 0 bridgehead atoms. The molecule has 0 unspecified atom stereocenters. The molecule has 15 heavy (non-hydrogen) atoms. The predicted octanol–water partition coefficient (Wildman–Crippen LogP) is -1.14. The van der Waals surface area contributed by atoms with Crippen LogP contribution in [-0.2, 0) is 4.79 Å². The lowest BCUT2D eigenvalue weighted by molar-refractivity contribution is -0.112. The SMILES string of the molecule is NC(=O)C#Cc1cc2c(=O)[nH]cnn2c1. The Kier molecular flexibility index (Phi) is 1.99. The zero-order valence-corrected chi connectivity index (χ0v) is 7.52. The van der Waals surface area contributed by atoms with Gasteiger partial charge in [0.25, 0.3) is 11.5 Å². The number of rotatable bonds is 0. The maximum Gasteiger partial charge on any atom is 0.293 e. The molecule has 0 aliphatic rings. The van der Waals surface area contributed by atoms with Crippen molar-refractivity contribution >= 4 is 11.4 Å². The van der Waals surface area contributed by atoms with Crippen LogP contribution in [0, 0.1) is 11.8 Å². The molecule has 2 rings (SSSR count). The summed E-state index contributed by atoms with van der Waals surface area (Å²) < 4.78 is 1.38. The Balaban J connectivity index is 2.59. The molecule has 0 saturated carbocycles. The van der Waals surface area contributed by atoms with E-state index in [-0.39, 0.29) is 5.56 Å². The van der Waals surface area contributed by atoms with E-state index in [0.29, 0.717) is 11.1 Å². The fourth-order valence-corrected chi connectivity index (χ4v) is 1.14. The Labute approximate surface area is 83.7 Å². The molecule has 2 aromatic heterocycles. The van der Waals surface area contributed by atoms with Crippen LogP contribution in [0.25, 0.3) is 5.52 Å². The summed E-state index contributed by atoms with van der Waals surface area (Å²) in [7, 11) is 0. The van der Waals surface area contributed by atoms with Crippen LogP contribution in [0.3, 0.4) is 0 Å². The lowest BCUT2D eigenvalue weighted by Gasteiger charge is -1.87. The summed E-state index contributed by atoms with van der Waals surface area (Å²) in [6, 6.07) is 1.53. The fourth-order valence-electron chi connectivity index (χ4n) is 1.14. The maximum absolute atomic E-state index is 11.3. The van der Waals surface area contributed by atoms with E-state index < -0.39 is 5.91 Å². The number of nitrogens with one attached hydrogen (secondary N) is 1. The van der Waals surface area contributed by atoms with Crippen molar-refractivity contribution in [3.05, 3.63) is 34.5 Å². The van der Waals surface area contributed by atoms with Crippen molar-refractivity contribution in [2.24, 2.45) is 5.73 Å². The van der Waals surface area contributed by atoms with Gasteiger partial charge in [-0.2, -0.15) is 5.10 Å². The van der Waals surface area contributed by atoms with E-state index in [9.17, 15) is 9.59 Å². The number of primary amides is 1. The molecule has 6 nitrogen and oxygen atoms in total. The van der Waals surface area contributed by atoms with Gasteiger partial charge in [-0.05, 0) is 6.07 Å². The van der Waals surface area contributed by atoms with Crippen LogP contribution < -0.4 is 11.3 Å². The quantitative estimate of drug-likeness (QED) is 0.529. The van der Waals surface area contributed by atoms with E-state index in [1.165, 1.54) is 16.9 Å². The maximum atomic E-state index is 11.3. The molecule has 0 aliphatic carbocycles. The zero-order valence-electron chi connectivity index (χ0n) is 7.52. The number of hydrogen-bond donors (Lipinski definition) is 2. The Morgan fingerprint density at radius 2 is 2.40 bits per heavy atom. The zero-order chi connectivity index (χ0) is 10.8. The smallest absolute Gasteiger partial charge is 0.293 e. The van der Waals surface area contributed by atoms with Crippen LogP contribution in [0.2, 0.25) is 0 Å². The van der Waals surface area contributed by atoms with Crippen molar-refractivity contribution < 1.29 is 4.79 Å². The average molecular weight is 202 g/mol. The first-order valence-electron chi connectivity index (χ1n) is 4.04. The molecule has 0 atom stereocenters. The summed E-state index contributed by atoms with van der Waals surface area (Å²) >= 11 is 0. The minimum atomic E-state index is -0.716. The summed E-state index contributed by atoms with van der Waals surface area (Å²) in [5, 5.41) is 3.87. The number of amides is 1. The standard InChI is InChI=1S/C9H6N4O2/c10-8(14)2-1-6-3-7-9(15)11-5-12-13(7)4-6/h3-5H,(H2,10,14)(H,11,12,15). The number of nitrogens with two attached hydrogens (primary N) is 1. The minimum absolute atomic E-state index is 0.267. The van der Waals surface area contributed by atoms with Gasteiger partial charge in [-0.15, -0.1) is 0 Å². The van der Waals surface area contributed by atoms with Gasteiger partial charge in [0, 0.05) is 17.7 Å². The monoisotopic (exact) mass is 202 g/mol. The summed E-state index contributed by atoms with van der Waals surface area (Å²) in [4.78, 5) is 24.1. The van der Waals surface area contributed by atoms with Gasteiger partial charge in [-0.1, -0.05) is 5.92 Å². The van der Waals surface area contributed by atoms with Crippen LogP contribution >= 0.6 is 0 Å². The lowest BCUT2D eigenvalue weighted by Crippen LogP contribution is -2.09. The number of aromatic nitrogens is 3. The fraction of sp³-hybridized carbons (Fsp3) is 0. The second-order valence-corrected chi connectivity index (χ2v) is 2.79. The number of nitrogens with zero attached hydrogens (tertiary/aromatic N) is 2. The highest BCUT2D eigenvalue weighted by molar-refractivity contribution is 5.92. The van der Waals surface area contributed by atoms with Gasteiger partial charge in [0.2, 0.25) is 0 Å². The van der Waals surface area contributed by atoms with Crippen LogP contribution in [0.15, 0.2) is 23.4 Å². The van der Waals surface area contributed by atoms with Crippen molar-refractivity contribution in [2.45, 2.75) is 0 Å². The average Bonchev–Trinajstić information content (AvgIpc) is 2.59. The van der Waals surface area contributed by atoms with Gasteiger partial charge in [0.05, 0.1) is 0 Å². The molecular formula is C9H6N4O2. The van der Waals surface area contributed by atoms with E-state index in [1.807, 2.05) is 0 Å². The highest BCUT2D eigenvalue weighted by Gasteiger charge is 2.00. The van der Waals surface area contributed by atoms with Crippen molar-refractivity contribution in [3.63, 3.8) is 0 Å². The molecule has 2 heterocycles. The van der Waals surface area contributed by atoms with E-state index >= 15 is 0 Å². The van der Waals surface area contributed by atoms with Gasteiger partial charge in [0.1, 0.15) is 11.8 Å². The summed E-state index contributed by atoms with van der Waals surface area (Å²) in [5.41, 5.74) is 5.47. The highest BCUT2D eigenvalue weighted by atomic mass is 16.1. The lowest BCUT2D eigenvalue weighted by atomic mass is 10.3. The Hall–Kier alpha value is -2.55. The normalized spacial score (nSPS) is 9.60. The highest BCUT2D eigenvalue weighted by Crippen LogP contribution is 2.01. The number of carbonyl (C=O) groups is 1. The molecule has 2 aromatic rings. The van der Waals surface area contributed by atoms with Gasteiger partial charge >= 0.3 is 0 Å². The summed E-state index contributed by atoms with van der Waals surface area (Å²) in [6.07, 6.45) is 2.82. The van der Waals surface area contributed by atoms with Crippen molar-refractivity contribution in [2.75, 3.05) is 0 Å². The number of carbonyl (C=O) groups excluding carboxylic acids is 1. The third-order valence-electron chi connectivity index (χ3n) is 1.74. The molecule has 1 amide bonds. The Bertz CT molecular complexity index is 641. The van der Waals surface area contributed by atoms with Crippen LogP contribution in [0.5, 0.6) is 0 Å². The van der Waals surface area contributed by atoms with Gasteiger partial charge in [0.15, 0.2) is 0 Å². The van der Waals surface area contributed by atoms with E-state index in [0.717, 1.165) is 0 Å². The van der Waals surface area contributed by atoms with Gasteiger partial charge in [-0.3, -0.25) is 9.59 Å². The van der Waals surface area contributed by atoms with E-state index in [4.69, 9.17) is 5.73 Å². The molecule has 74 valence electrons. The number of fused-ring (bicyclic) bond motifs is 1. The summed E-state index contributed by atoms with van der Waals surface area (Å²) in [5.74, 6) is 3.98. The number of hydrogen-bond acceptors (Lipinski definition) is 3. The van der Waals surface area contributed by atoms with E-state index in [2.05, 4.69) is 21.9 Å². The van der Waals surface area contributed by atoms with Crippen LogP contribution in [0.1, 0.15) is 5.56 Å². The molecular weight excluding hydrogens is 196 g/mol. The molecule has 3 N–H and O–H groups in total. The Morgan fingerprint density at radius 3 is 3.07 bits per heavy atom. The first kappa shape index (κ1) is 9.02. The van der Waals surface area contributed by atoms with Crippen molar-refractivity contribution in [3.8, 4) is 11.8 Å².